The van der Waals surface area contributed by atoms with Gasteiger partial charge in [0.05, 0.1) is 17.4 Å². The lowest BCUT2D eigenvalue weighted by Crippen LogP contribution is -2.31. The first kappa shape index (κ1) is 14.1. The Hall–Kier alpha value is -2.30. The number of aryl methyl sites for hydroxylation is 2. The molecular weight excluding hydrogens is 252 g/mol. The molecule has 2 aromatic rings. The predicted octanol–water partition coefficient (Wildman–Crippen LogP) is 2.14. The van der Waals surface area contributed by atoms with Crippen LogP contribution in [-0.2, 0) is 7.05 Å². The molecule has 0 spiro atoms. The topological polar surface area (TPSA) is 64.2 Å². The highest BCUT2D eigenvalue weighted by atomic mass is 16.2. The molecule has 0 bridgehead atoms. The number of nitrogens with two attached hydrogens (primary N) is 1. The van der Waals surface area contributed by atoms with E-state index < -0.39 is 0 Å². The van der Waals surface area contributed by atoms with Crippen molar-refractivity contribution in [2.24, 2.45) is 7.05 Å². The van der Waals surface area contributed by atoms with E-state index in [0.717, 1.165) is 5.56 Å². The maximum atomic E-state index is 12.6. The second-order valence-electron chi connectivity index (χ2n) is 4.97. The summed E-state index contributed by atoms with van der Waals surface area (Å²) in [6.45, 7) is 3.79. The zero-order valence-corrected chi connectivity index (χ0v) is 12.3. The number of nitrogen functional groups attached to an aromatic ring is 1. The molecule has 1 unspecified atom stereocenters. The van der Waals surface area contributed by atoms with Gasteiger partial charge in [0.25, 0.3) is 5.91 Å². The van der Waals surface area contributed by atoms with Gasteiger partial charge in [-0.05, 0) is 19.4 Å². The van der Waals surface area contributed by atoms with E-state index in [1.165, 1.54) is 0 Å². The largest absolute Gasteiger partial charge is 0.395 e. The Balaban J connectivity index is 2.29. The summed E-state index contributed by atoms with van der Waals surface area (Å²) in [5.74, 6) is -0.123. The molecule has 0 fully saturated rings. The number of hydrogen-bond acceptors (Lipinski definition) is 3. The zero-order valence-electron chi connectivity index (χ0n) is 12.3. The van der Waals surface area contributed by atoms with E-state index in [0.29, 0.717) is 17.1 Å². The summed E-state index contributed by atoms with van der Waals surface area (Å²) in [5, 5.41) is 4.19. The number of nitrogens with zero attached hydrogens (tertiary/aromatic N) is 3. The van der Waals surface area contributed by atoms with Gasteiger partial charge in [-0.25, -0.2) is 0 Å². The molecule has 1 heterocycles. The van der Waals surface area contributed by atoms with Crippen LogP contribution in [0.5, 0.6) is 0 Å². The quantitative estimate of drug-likeness (QED) is 0.931. The molecule has 106 valence electrons. The second-order valence-corrected chi connectivity index (χ2v) is 4.97. The summed E-state index contributed by atoms with van der Waals surface area (Å²) in [4.78, 5) is 14.3. The summed E-state index contributed by atoms with van der Waals surface area (Å²) >= 11 is 0. The molecule has 1 aromatic heterocycles. The number of benzene rings is 1. The Bertz CT molecular complexity index is 618. The van der Waals surface area contributed by atoms with Gasteiger partial charge < -0.3 is 10.6 Å². The molecule has 2 N–H and O–H groups in total. The molecule has 0 aliphatic rings. The lowest BCUT2D eigenvalue weighted by Gasteiger charge is -2.25. The molecule has 5 heteroatoms. The average molecular weight is 272 g/mol. The zero-order chi connectivity index (χ0) is 14.9. The van der Waals surface area contributed by atoms with Crippen molar-refractivity contribution in [3.05, 3.63) is 47.3 Å². The highest BCUT2D eigenvalue weighted by Gasteiger charge is 2.24. The van der Waals surface area contributed by atoms with Gasteiger partial charge in [-0.15, -0.1) is 0 Å². The molecule has 0 aliphatic carbocycles. The Labute approximate surface area is 119 Å². The third-order valence-electron chi connectivity index (χ3n) is 3.65. The first-order chi connectivity index (χ1) is 9.43. The molecule has 5 nitrogen and oxygen atoms in total. The van der Waals surface area contributed by atoms with Crippen LogP contribution >= 0.6 is 0 Å². The minimum absolute atomic E-state index is 0.0293. The lowest BCUT2D eigenvalue weighted by molar-refractivity contribution is 0.0732. The van der Waals surface area contributed by atoms with E-state index in [1.807, 2.05) is 37.3 Å². The van der Waals surface area contributed by atoms with Crippen LogP contribution < -0.4 is 5.73 Å². The summed E-state index contributed by atoms with van der Waals surface area (Å²) in [6, 6.07) is 9.87. The number of anilines is 1. The minimum Gasteiger partial charge on any atom is -0.395 e. The molecule has 20 heavy (non-hydrogen) atoms. The van der Waals surface area contributed by atoms with Crippen LogP contribution in [0.1, 0.15) is 34.7 Å². The fourth-order valence-corrected chi connectivity index (χ4v) is 2.23. The molecule has 0 aliphatic heterocycles. The van der Waals surface area contributed by atoms with Crippen molar-refractivity contribution in [1.29, 1.82) is 0 Å². The van der Waals surface area contributed by atoms with Gasteiger partial charge >= 0.3 is 0 Å². The Morgan fingerprint density at radius 2 is 1.95 bits per heavy atom. The summed E-state index contributed by atoms with van der Waals surface area (Å²) in [7, 11) is 3.51. The highest BCUT2D eigenvalue weighted by molar-refractivity contribution is 5.98. The molecular formula is C15H20N4O. The fourth-order valence-electron chi connectivity index (χ4n) is 2.23. The molecule has 1 amide bonds. The van der Waals surface area contributed by atoms with Crippen molar-refractivity contribution in [1.82, 2.24) is 14.7 Å². The summed E-state index contributed by atoms with van der Waals surface area (Å²) < 4.78 is 1.54. The van der Waals surface area contributed by atoms with E-state index in [-0.39, 0.29) is 11.9 Å². The van der Waals surface area contributed by atoms with Crippen molar-refractivity contribution >= 4 is 11.6 Å². The Kier molecular flexibility index (Phi) is 3.79. The molecule has 0 saturated heterocycles. The van der Waals surface area contributed by atoms with E-state index in [2.05, 4.69) is 5.10 Å². The van der Waals surface area contributed by atoms with Crippen molar-refractivity contribution < 1.29 is 4.79 Å². The number of carbonyl (C=O) groups excluding carboxylic acids is 1. The first-order valence-corrected chi connectivity index (χ1v) is 6.54. The second kappa shape index (κ2) is 5.36. The van der Waals surface area contributed by atoms with E-state index >= 15 is 0 Å². The smallest absolute Gasteiger partial charge is 0.274 e. The fraction of sp³-hybridized carbons (Fsp3) is 0.333. The van der Waals surface area contributed by atoms with Crippen molar-refractivity contribution in [3.8, 4) is 0 Å². The SMILES string of the molecule is Cc1nn(C)c(C(=O)N(C)C(C)c2ccccc2)c1N. The van der Waals surface area contributed by atoms with Crippen molar-refractivity contribution in [2.75, 3.05) is 12.8 Å². The van der Waals surface area contributed by atoms with Crippen LogP contribution in [0.15, 0.2) is 30.3 Å². The third-order valence-corrected chi connectivity index (χ3v) is 3.65. The standard InChI is InChI=1S/C15H20N4O/c1-10-13(16)14(19(4)17-10)15(20)18(3)11(2)12-8-6-5-7-9-12/h5-9,11H,16H2,1-4H3. The maximum absolute atomic E-state index is 12.6. The Morgan fingerprint density at radius 3 is 2.45 bits per heavy atom. The van der Waals surface area contributed by atoms with Crippen LogP contribution in [0.25, 0.3) is 0 Å². The number of hydrogen-bond donors (Lipinski definition) is 1. The van der Waals surface area contributed by atoms with Crippen LogP contribution in [0.3, 0.4) is 0 Å². The van der Waals surface area contributed by atoms with Crippen molar-refractivity contribution in [3.63, 3.8) is 0 Å². The molecule has 0 radical (unpaired) electrons. The number of amides is 1. The summed E-state index contributed by atoms with van der Waals surface area (Å²) in [5.41, 5.74) is 8.60. The van der Waals surface area contributed by atoms with Crippen molar-refractivity contribution in [2.45, 2.75) is 19.9 Å². The van der Waals surface area contributed by atoms with Gasteiger partial charge in [-0.1, -0.05) is 30.3 Å². The van der Waals surface area contributed by atoms with Gasteiger partial charge in [0.2, 0.25) is 0 Å². The van der Waals surface area contributed by atoms with Gasteiger partial charge in [-0.2, -0.15) is 5.10 Å². The first-order valence-electron chi connectivity index (χ1n) is 6.54. The molecule has 0 saturated carbocycles. The normalized spacial score (nSPS) is 12.2. The molecule has 2 rings (SSSR count). The van der Waals surface area contributed by atoms with E-state index in [9.17, 15) is 4.79 Å². The monoisotopic (exact) mass is 272 g/mol. The van der Waals surface area contributed by atoms with E-state index in [4.69, 9.17) is 5.73 Å². The maximum Gasteiger partial charge on any atom is 0.274 e. The van der Waals surface area contributed by atoms with E-state index in [1.54, 1.807) is 30.6 Å². The van der Waals surface area contributed by atoms with Gasteiger partial charge in [0.1, 0.15) is 5.69 Å². The van der Waals surface area contributed by atoms with Gasteiger partial charge in [0.15, 0.2) is 0 Å². The Morgan fingerprint density at radius 1 is 1.35 bits per heavy atom. The average Bonchev–Trinajstić information content (AvgIpc) is 2.71. The molecule has 1 atom stereocenters. The van der Waals surface area contributed by atoms with Crippen LogP contribution in [-0.4, -0.2) is 27.6 Å². The highest BCUT2D eigenvalue weighted by Crippen LogP contribution is 2.23. The van der Waals surface area contributed by atoms with Gasteiger partial charge in [-0.3, -0.25) is 9.48 Å². The number of carbonyl (C=O) groups is 1. The third kappa shape index (κ3) is 2.39. The van der Waals surface area contributed by atoms with Crippen LogP contribution in [0.2, 0.25) is 0 Å². The minimum atomic E-state index is -0.123. The van der Waals surface area contributed by atoms with Crippen LogP contribution in [0, 0.1) is 6.92 Å². The number of rotatable bonds is 3. The number of aromatic nitrogens is 2. The van der Waals surface area contributed by atoms with Gasteiger partial charge in [0, 0.05) is 14.1 Å². The molecule has 1 aromatic carbocycles. The predicted molar refractivity (Wildman–Crippen MR) is 79.3 cm³/mol. The van der Waals surface area contributed by atoms with Crippen LogP contribution in [0.4, 0.5) is 5.69 Å². The lowest BCUT2D eigenvalue weighted by atomic mass is 10.1. The summed E-state index contributed by atoms with van der Waals surface area (Å²) in [6.07, 6.45) is 0.